The first-order valence-electron chi connectivity index (χ1n) is 16.0. The fourth-order valence-corrected chi connectivity index (χ4v) is 4.93. The summed E-state index contributed by atoms with van der Waals surface area (Å²) in [6, 6.07) is 13.5. The van der Waals surface area contributed by atoms with Crippen molar-refractivity contribution in [3.05, 3.63) is 65.7 Å². The predicted molar refractivity (Wildman–Crippen MR) is 177 cm³/mol. The lowest BCUT2D eigenvalue weighted by atomic mass is 10.0. The Morgan fingerprint density at radius 2 is 1.63 bits per heavy atom. The number of carboxylic acids is 1. The third kappa shape index (κ3) is 12.0. The number of nitrogens with two attached hydrogens (primary N) is 1. The van der Waals surface area contributed by atoms with Crippen molar-refractivity contribution in [3.8, 4) is 5.75 Å². The third-order valence-corrected chi connectivity index (χ3v) is 7.46. The van der Waals surface area contributed by atoms with Crippen LogP contribution in [0.1, 0.15) is 71.9 Å². The van der Waals surface area contributed by atoms with Gasteiger partial charge in [0.1, 0.15) is 35.6 Å². The van der Waals surface area contributed by atoms with E-state index in [1.165, 1.54) is 23.8 Å². The number of para-hydroxylation sites is 1. The molecule has 0 aliphatic carbocycles. The largest absolute Gasteiger partial charge is 0.489 e. The summed E-state index contributed by atoms with van der Waals surface area (Å²) in [5.74, 6) is -1.60. The molecule has 2 rings (SSSR count). The highest BCUT2D eigenvalue weighted by atomic mass is 16.6. The molecule has 3 amide bonds. The molecule has 4 N–H and O–H groups in total. The van der Waals surface area contributed by atoms with E-state index >= 15 is 0 Å². The van der Waals surface area contributed by atoms with Crippen molar-refractivity contribution in [1.82, 2.24) is 15.1 Å². The van der Waals surface area contributed by atoms with Crippen LogP contribution in [0, 0.1) is 0 Å². The number of hydrogen-bond acceptors (Lipinski definition) is 7. The number of aliphatic carboxylic acids is 1. The van der Waals surface area contributed by atoms with Crippen molar-refractivity contribution in [1.29, 1.82) is 0 Å². The zero-order valence-electron chi connectivity index (χ0n) is 28.3. The number of rotatable bonds is 17. The Morgan fingerprint density at radius 3 is 2.22 bits per heavy atom. The van der Waals surface area contributed by atoms with Gasteiger partial charge in [-0.05, 0) is 77.6 Å². The molecule has 0 aliphatic rings. The fourth-order valence-electron chi connectivity index (χ4n) is 4.93. The second-order valence-electron chi connectivity index (χ2n) is 12.6. The summed E-state index contributed by atoms with van der Waals surface area (Å²) in [6.45, 7) is 11.1. The molecule has 4 atom stereocenters. The Balaban J connectivity index is 2.29. The summed E-state index contributed by atoms with van der Waals surface area (Å²) in [4.78, 5) is 55.5. The predicted octanol–water partition coefficient (Wildman–Crippen LogP) is 4.41. The van der Waals surface area contributed by atoms with Gasteiger partial charge in [0.05, 0.1) is 6.54 Å². The van der Waals surface area contributed by atoms with Crippen LogP contribution in [-0.4, -0.2) is 88.8 Å². The molecule has 11 nitrogen and oxygen atoms in total. The zero-order chi connectivity index (χ0) is 34.4. The van der Waals surface area contributed by atoms with Crippen LogP contribution in [-0.2, 0) is 32.0 Å². The van der Waals surface area contributed by atoms with Gasteiger partial charge in [0.25, 0.3) is 0 Å². The first-order chi connectivity index (χ1) is 21.7. The Morgan fingerprint density at radius 1 is 1.00 bits per heavy atom. The molecule has 0 radical (unpaired) electrons. The molecule has 0 unspecified atom stereocenters. The van der Waals surface area contributed by atoms with Crippen molar-refractivity contribution < 1.29 is 33.8 Å². The quantitative estimate of drug-likeness (QED) is 0.230. The normalized spacial score (nSPS) is 13.9. The second-order valence-corrected chi connectivity index (χ2v) is 12.6. The van der Waals surface area contributed by atoms with Crippen LogP contribution in [0.2, 0.25) is 0 Å². The van der Waals surface area contributed by atoms with Gasteiger partial charge in [-0.25, -0.2) is 9.59 Å². The van der Waals surface area contributed by atoms with Gasteiger partial charge in [-0.3, -0.25) is 14.5 Å². The lowest BCUT2D eigenvalue weighted by Gasteiger charge is -2.37. The minimum atomic E-state index is -1.18. The van der Waals surface area contributed by atoms with Crippen LogP contribution in [0.15, 0.2) is 54.6 Å². The number of carboxylic acid groups (broad SMARTS) is 1. The lowest BCUT2D eigenvalue weighted by Crippen LogP contribution is -2.57. The first-order valence-corrected chi connectivity index (χ1v) is 16.0. The lowest BCUT2D eigenvalue weighted by molar-refractivity contribution is -0.145. The number of hydrogen-bond donors (Lipinski definition) is 3. The number of benzene rings is 2. The smallest absolute Gasteiger partial charge is 0.411 e. The molecular formula is C35H52N4O7. The summed E-state index contributed by atoms with van der Waals surface area (Å²) in [6.07, 6.45) is 1.31. The molecule has 46 heavy (non-hydrogen) atoms. The highest BCUT2D eigenvalue weighted by molar-refractivity contribution is 5.92. The van der Waals surface area contributed by atoms with Gasteiger partial charge in [0, 0.05) is 13.5 Å². The maximum absolute atomic E-state index is 14.0. The Labute approximate surface area is 273 Å². The molecule has 0 fully saturated rings. The summed E-state index contributed by atoms with van der Waals surface area (Å²) < 4.78 is 12.0. The SMILES string of the molecule is CCC[C@H](C(=O)N(C)[C@H](C)C(=O)N[C@H](Cc1ccccc1)C(=O)O)N(C[C@H](C)Oc1ccccc1CCCN)C(=O)OC(C)(C)C. The maximum atomic E-state index is 14.0. The standard InChI is InChI=1S/C35H52N4O7/c1-8-15-29(32(41)38(7)25(3)31(40)37-28(33(42)43)22-26-16-10-9-11-17-26)39(34(44)46-35(4,5)6)23-24(2)45-30-20-13-12-18-27(30)19-14-21-36/h9-13,16-18,20,24-25,28-29H,8,14-15,19,21-23,36H2,1-7H3,(H,37,40)(H,42,43)/t24-,25+,28+,29+/m0/s1. The molecule has 2 aromatic rings. The van der Waals surface area contributed by atoms with E-state index in [1.807, 2.05) is 44.2 Å². The molecule has 0 bridgehead atoms. The van der Waals surface area contributed by atoms with E-state index < -0.39 is 53.7 Å². The van der Waals surface area contributed by atoms with E-state index in [0.29, 0.717) is 25.1 Å². The molecule has 254 valence electrons. The van der Waals surface area contributed by atoms with Crippen molar-refractivity contribution >= 4 is 23.9 Å². The van der Waals surface area contributed by atoms with E-state index in [1.54, 1.807) is 45.0 Å². The topological polar surface area (TPSA) is 152 Å². The highest BCUT2D eigenvalue weighted by Gasteiger charge is 2.38. The summed E-state index contributed by atoms with van der Waals surface area (Å²) in [7, 11) is 1.48. The van der Waals surface area contributed by atoms with E-state index in [4.69, 9.17) is 15.2 Å². The van der Waals surface area contributed by atoms with Gasteiger partial charge in [0.15, 0.2) is 0 Å². The van der Waals surface area contributed by atoms with Crippen LogP contribution in [0.3, 0.4) is 0 Å². The zero-order valence-corrected chi connectivity index (χ0v) is 28.3. The van der Waals surface area contributed by atoms with Gasteiger partial charge in [-0.2, -0.15) is 0 Å². The summed E-state index contributed by atoms with van der Waals surface area (Å²) >= 11 is 0. The second kappa shape index (κ2) is 18.1. The maximum Gasteiger partial charge on any atom is 0.411 e. The van der Waals surface area contributed by atoms with Crippen LogP contribution in [0.25, 0.3) is 0 Å². The van der Waals surface area contributed by atoms with E-state index in [0.717, 1.165) is 24.0 Å². The van der Waals surface area contributed by atoms with Gasteiger partial charge in [-0.1, -0.05) is 61.9 Å². The molecule has 0 spiro atoms. The van der Waals surface area contributed by atoms with Gasteiger partial charge in [-0.15, -0.1) is 0 Å². The van der Waals surface area contributed by atoms with Crippen LogP contribution in [0.4, 0.5) is 4.79 Å². The van der Waals surface area contributed by atoms with Gasteiger partial charge in [0.2, 0.25) is 11.8 Å². The molecule has 2 aromatic carbocycles. The van der Waals surface area contributed by atoms with Crippen molar-refractivity contribution in [2.24, 2.45) is 5.73 Å². The number of nitrogens with zero attached hydrogens (tertiary/aromatic N) is 2. The minimum absolute atomic E-state index is 0.0448. The van der Waals surface area contributed by atoms with E-state index in [2.05, 4.69) is 5.32 Å². The van der Waals surface area contributed by atoms with E-state index in [-0.39, 0.29) is 13.0 Å². The summed E-state index contributed by atoms with van der Waals surface area (Å²) in [5, 5.41) is 12.3. The van der Waals surface area contributed by atoms with Crippen LogP contribution in [0.5, 0.6) is 5.75 Å². The van der Waals surface area contributed by atoms with Crippen molar-refractivity contribution in [2.45, 2.75) is 103 Å². The fraction of sp³-hybridized carbons (Fsp3) is 0.543. The van der Waals surface area contributed by atoms with Crippen molar-refractivity contribution in [2.75, 3.05) is 20.1 Å². The molecule has 0 heterocycles. The molecular weight excluding hydrogens is 588 g/mol. The van der Waals surface area contributed by atoms with Gasteiger partial charge >= 0.3 is 12.1 Å². The van der Waals surface area contributed by atoms with E-state index in [9.17, 15) is 24.3 Å². The number of likely N-dealkylation sites (N-methyl/N-ethyl adjacent to an activating group) is 1. The Hall–Kier alpha value is -4.12. The first kappa shape index (κ1) is 38.1. The number of ether oxygens (including phenoxy) is 2. The number of amides is 3. The Kier molecular flexibility index (Phi) is 15.0. The molecule has 11 heteroatoms. The Bertz CT molecular complexity index is 1280. The van der Waals surface area contributed by atoms with Crippen molar-refractivity contribution in [3.63, 3.8) is 0 Å². The van der Waals surface area contributed by atoms with Gasteiger partial charge < -0.3 is 30.5 Å². The molecule has 0 saturated heterocycles. The number of carbonyl (C=O) groups is 4. The number of nitrogens with one attached hydrogen (secondary N) is 1. The number of carbonyl (C=O) groups excluding carboxylic acids is 3. The minimum Gasteiger partial charge on any atom is -0.489 e. The molecule has 0 saturated carbocycles. The highest BCUT2D eigenvalue weighted by Crippen LogP contribution is 2.23. The average molecular weight is 641 g/mol. The molecule has 0 aromatic heterocycles. The summed E-state index contributed by atoms with van der Waals surface area (Å²) in [5.41, 5.74) is 6.64. The van der Waals surface area contributed by atoms with Crippen LogP contribution < -0.4 is 15.8 Å². The number of aryl methyl sites for hydroxylation is 1. The third-order valence-electron chi connectivity index (χ3n) is 7.46. The monoisotopic (exact) mass is 640 g/mol. The average Bonchev–Trinajstić information content (AvgIpc) is 3.00. The molecule has 0 aliphatic heterocycles. The van der Waals surface area contributed by atoms with Crippen LogP contribution >= 0.6 is 0 Å².